The molecule has 27 heavy (non-hydrogen) atoms. The number of nitro benzene ring substituents is 1. The van der Waals surface area contributed by atoms with Gasteiger partial charge < -0.3 is 10.4 Å². The standard InChI is InChI=1S/C17H15ClN4O4S/c1-17(24,11-6-7-27-9-11)10-19-14-8-20-21(16(23)15(14)18)12-2-4-13(5-3-12)22(25)26/h2-9,19,24H,10H2,1H3. The molecular formula is C17H15ClN4O4S. The minimum absolute atomic E-state index is 0.0909. The number of nitrogens with one attached hydrogen (secondary N) is 1. The first-order chi connectivity index (χ1) is 12.8. The van der Waals surface area contributed by atoms with E-state index in [2.05, 4.69) is 10.4 Å². The molecule has 1 unspecified atom stereocenters. The normalized spacial score (nSPS) is 13.1. The highest BCUT2D eigenvalue weighted by atomic mass is 35.5. The van der Waals surface area contributed by atoms with Crippen LogP contribution in [-0.4, -0.2) is 26.4 Å². The summed E-state index contributed by atoms with van der Waals surface area (Å²) in [6.07, 6.45) is 1.37. The van der Waals surface area contributed by atoms with E-state index in [4.69, 9.17) is 11.6 Å². The third-order valence-corrected chi connectivity index (χ3v) is 5.04. The molecule has 0 spiro atoms. The van der Waals surface area contributed by atoms with E-state index in [1.54, 1.807) is 6.92 Å². The first-order valence-corrected chi connectivity index (χ1v) is 9.13. The van der Waals surface area contributed by atoms with Gasteiger partial charge in [-0.3, -0.25) is 14.9 Å². The number of rotatable bonds is 6. The summed E-state index contributed by atoms with van der Waals surface area (Å²) in [5, 5.41) is 31.9. The smallest absolute Gasteiger partial charge is 0.292 e. The van der Waals surface area contributed by atoms with Crippen molar-refractivity contribution in [1.29, 1.82) is 0 Å². The molecule has 1 atom stereocenters. The third-order valence-electron chi connectivity index (χ3n) is 3.99. The first kappa shape index (κ1) is 19.0. The minimum Gasteiger partial charge on any atom is -0.384 e. The molecule has 140 valence electrons. The fourth-order valence-electron chi connectivity index (χ4n) is 2.40. The number of thiophene rings is 1. The Hall–Kier alpha value is -2.75. The summed E-state index contributed by atoms with van der Waals surface area (Å²) in [5.41, 5.74) is -0.420. The van der Waals surface area contributed by atoms with Gasteiger partial charge in [0.25, 0.3) is 11.2 Å². The predicted octanol–water partition coefficient (Wildman–Crippen LogP) is 3.18. The highest BCUT2D eigenvalue weighted by Gasteiger charge is 2.24. The van der Waals surface area contributed by atoms with Crippen LogP contribution in [0.25, 0.3) is 5.69 Å². The van der Waals surface area contributed by atoms with Crippen LogP contribution >= 0.6 is 22.9 Å². The van der Waals surface area contributed by atoms with Crippen molar-refractivity contribution in [3.05, 3.63) is 78.3 Å². The fraction of sp³-hybridized carbons (Fsp3) is 0.176. The van der Waals surface area contributed by atoms with E-state index in [-0.39, 0.29) is 22.9 Å². The molecule has 10 heteroatoms. The van der Waals surface area contributed by atoms with E-state index in [0.29, 0.717) is 5.69 Å². The van der Waals surface area contributed by atoms with Crippen LogP contribution in [0.2, 0.25) is 5.02 Å². The molecular weight excluding hydrogens is 392 g/mol. The molecule has 0 radical (unpaired) electrons. The van der Waals surface area contributed by atoms with Crippen molar-refractivity contribution in [3.63, 3.8) is 0 Å². The zero-order valence-corrected chi connectivity index (χ0v) is 15.7. The van der Waals surface area contributed by atoms with Crippen LogP contribution in [-0.2, 0) is 5.60 Å². The Balaban J connectivity index is 1.83. The molecule has 1 aromatic carbocycles. The largest absolute Gasteiger partial charge is 0.384 e. The van der Waals surface area contributed by atoms with Crippen LogP contribution in [0.15, 0.2) is 52.1 Å². The third kappa shape index (κ3) is 4.00. The maximum absolute atomic E-state index is 12.5. The molecule has 0 saturated heterocycles. The first-order valence-electron chi connectivity index (χ1n) is 7.81. The molecule has 3 aromatic rings. The number of nitrogens with zero attached hydrogens (tertiary/aromatic N) is 3. The summed E-state index contributed by atoms with van der Waals surface area (Å²) in [7, 11) is 0. The van der Waals surface area contributed by atoms with E-state index < -0.39 is 16.1 Å². The monoisotopic (exact) mass is 406 g/mol. The van der Waals surface area contributed by atoms with Crippen molar-refractivity contribution in [2.45, 2.75) is 12.5 Å². The minimum atomic E-state index is -1.14. The van der Waals surface area contributed by atoms with Crippen LogP contribution in [0.1, 0.15) is 12.5 Å². The maximum Gasteiger partial charge on any atom is 0.292 e. The van der Waals surface area contributed by atoms with Gasteiger partial charge in [-0.1, -0.05) is 11.6 Å². The van der Waals surface area contributed by atoms with Gasteiger partial charge in [0.1, 0.15) is 10.6 Å². The van der Waals surface area contributed by atoms with E-state index in [9.17, 15) is 20.0 Å². The van der Waals surface area contributed by atoms with Crippen molar-refractivity contribution < 1.29 is 10.0 Å². The van der Waals surface area contributed by atoms with Gasteiger partial charge in [0, 0.05) is 18.7 Å². The average molecular weight is 407 g/mol. The molecule has 0 aliphatic heterocycles. The molecule has 2 aromatic heterocycles. The molecule has 2 heterocycles. The lowest BCUT2D eigenvalue weighted by molar-refractivity contribution is -0.384. The Morgan fingerprint density at radius 1 is 1.37 bits per heavy atom. The number of hydrogen-bond donors (Lipinski definition) is 2. The van der Waals surface area contributed by atoms with Crippen LogP contribution in [0, 0.1) is 10.1 Å². The molecule has 0 saturated carbocycles. The van der Waals surface area contributed by atoms with Crippen molar-refractivity contribution in [2.75, 3.05) is 11.9 Å². The highest BCUT2D eigenvalue weighted by molar-refractivity contribution is 7.08. The molecule has 0 amide bonds. The number of benzene rings is 1. The van der Waals surface area contributed by atoms with Crippen LogP contribution < -0.4 is 10.9 Å². The van der Waals surface area contributed by atoms with Crippen molar-refractivity contribution in [3.8, 4) is 5.69 Å². The SMILES string of the molecule is CC(O)(CNc1cnn(-c2ccc([N+](=O)[O-])cc2)c(=O)c1Cl)c1ccsc1. The summed E-state index contributed by atoms with van der Waals surface area (Å²) in [6, 6.07) is 7.20. The number of hydrogen-bond acceptors (Lipinski definition) is 7. The van der Waals surface area contributed by atoms with Crippen LogP contribution in [0.5, 0.6) is 0 Å². The van der Waals surface area contributed by atoms with E-state index >= 15 is 0 Å². The van der Waals surface area contributed by atoms with Gasteiger partial charge in [0.2, 0.25) is 0 Å². The molecule has 0 aliphatic carbocycles. The quantitative estimate of drug-likeness (QED) is 0.480. The summed E-state index contributed by atoms with van der Waals surface area (Å²) < 4.78 is 1.05. The molecule has 0 fully saturated rings. The zero-order chi connectivity index (χ0) is 19.6. The van der Waals surface area contributed by atoms with Gasteiger partial charge in [0.05, 0.1) is 22.5 Å². The second-order valence-corrected chi connectivity index (χ2v) is 7.16. The van der Waals surface area contributed by atoms with Gasteiger partial charge in [0.15, 0.2) is 0 Å². The molecule has 0 bridgehead atoms. The zero-order valence-electron chi connectivity index (χ0n) is 14.1. The maximum atomic E-state index is 12.5. The molecule has 3 rings (SSSR count). The summed E-state index contributed by atoms with van der Waals surface area (Å²) >= 11 is 7.63. The number of nitro groups is 1. The number of halogens is 1. The fourth-order valence-corrected chi connectivity index (χ4v) is 3.37. The molecule has 0 aliphatic rings. The Bertz CT molecular complexity index is 1020. The Morgan fingerprint density at radius 2 is 2.07 bits per heavy atom. The van der Waals surface area contributed by atoms with Crippen LogP contribution in [0.4, 0.5) is 11.4 Å². The summed E-state index contributed by atoms with van der Waals surface area (Å²) in [6.45, 7) is 1.79. The molecule has 2 N–H and O–H groups in total. The lowest BCUT2D eigenvalue weighted by Crippen LogP contribution is -2.31. The van der Waals surface area contributed by atoms with Gasteiger partial charge in [-0.05, 0) is 41.4 Å². The lowest BCUT2D eigenvalue weighted by atomic mass is 9.99. The van der Waals surface area contributed by atoms with E-state index in [1.165, 1.54) is 41.8 Å². The van der Waals surface area contributed by atoms with Gasteiger partial charge in [-0.25, -0.2) is 0 Å². The topological polar surface area (TPSA) is 110 Å². The van der Waals surface area contributed by atoms with Crippen molar-refractivity contribution >= 4 is 34.3 Å². The lowest BCUT2D eigenvalue weighted by Gasteiger charge is -2.23. The number of anilines is 1. The van der Waals surface area contributed by atoms with Gasteiger partial charge in [-0.15, -0.1) is 0 Å². The number of non-ortho nitro benzene ring substituents is 1. The number of aromatic nitrogens is 2. The highest BCUT2D eigenvalue weighted by Crippen LogP contribution is 2.25. The van der Waals surface area contributed by atoms with Crippen molar-refractivity contribution in [2.24, 2.45) is 0 Å². The van der Waals surface area contributed by atoms with E-state index in [1.807, 2.05) is 16.8 Å². The van der Waals surface area contributed by atoms with Gasteiger partial charge in [-0.2, -0.15) is 21.1 Å². The predicted molar refractivity (Wildman–Crippen MR) is 104 cm³/mol. The van der Waals surface area contributed by atoms with Gasteiger partial charge >= 0.3 is 0 Å². The molecule has 8 nitrogen and oxygen atoms in total. The van der Waals surface area contributed by atoms with Crippen LogP contribution in [0.3, 0.4) is 0 Å². The second-order valence-electron chi connectivity index (χ2n) is 6.00. The Labute approximate surface area is 162 Å². The summed E-state index contributed by atoms with van der Waals surface area (Å²) in [4.78, 5) is 22.7. The Kier molecular flexibility index (Phi) is 5.26. The summed E-state index contributed by atoms with van der Waals surface area (Å²) in [5.74, 6) is 0. The average Bonchev–Trinajstić information content (AvgIpc) is 3.19. The van der Waals surface area contributed by atoms with E-state index in [0.717, 1.165) is 10.2 Å². The number of aliphatic hydroxyl groups is 1. The van der Waals surface area contributed by atoms with Crippen molar-refractivity contribution in [1.82, 2.24) is 9.78 Å². The Morgan fingerprint density at radius 3 is 2.67 bits per heavy atom. The second kappa shape index (κ2) is 7.47.